The van der Waals surface area contributed by atoms with E-state index in [0.29, 0.717) is 25.2 Å². The molecule has 4 amide bonds. The SMILES string of the molecule is O=C(NCCCNC(=O)c1cccc(F)c1)NCc1cccc(NC(=O)c2ccco2)c1. The molecule has 0 atom stereocenters. The number of rotatable bonds is 9. The predicted octanol–water partition coefficient (Wildman–Crippen LogP) is 3.29. The van der Waals surface area contributed by atoms with Gasteiger partial charge in [0.2, 0.25) is 0 Å². The number of benzene rings is 2. The lowest BCUT2D eigenvalue weighted by molar-refractivity contribution is 0.0951. The van der Waals surface area contributed by atoms with Gasteiger partial charge in [-0.3, -0.25) is 9.59 Å². The zero-order valence-electron chi connectivity index (χ0n) is 17.2. The standard InChI is InChI=1S/C23H23FN4O4/c24-18-7-2-6-17(14-18)21(29)25-10-4-11-26-23(31)27-15-16-5-1-8-19(13-16)28-22(30)20-9-3-12-32-20/h1-3,5-9,12-14H,4,10-11,15H2,(H,25,29)(H,28,30)(H2,26,27,31). The summed E-state index contributed by atoms with van der Waals surface area (Å²) in [4.78, 5) is 35.9. The van der Waals surface area contributed by atoms with Crippen molar-refractivity contribution in [2.24, 2.45) is 0 Å². The van der Waals surface area contributed by atoms with Crippen LogP contribution in [0.1, 0.15) is 32.9 Å². The molecule has 0 fully saturated rings. The van der Waals surface area contributed by atoms with Crippen LogP contribution in [0, 0.1) is 5.82 Å². The first-order chi connectivity index (χ1) is 15.5. The number of amides is 4. The first kappa shape index (κ1) is 22.5. The van der Waals surface area contributed by atoms with E-state index in [4.69, 9.17) is 4.42 Å². The second kappa shape index (κ2) is 11.3. The maximum Gasteiger partial charge on any atom is 0.315 e. The lowest BCUT2D eigenvalue weighted by Gasteiger charge is -2.10. The Balaban J connectivity index is 1.33. The Labute approximate surface area is 184 Å². The minimum atomic E-state index is -0.471. The maximum atomic E-state index is 13.1. The van der Waals surface area contributed by atoms with Crippen molar-refractivity contribution in [1.29, 1.82) is 0 Å². The highest BCUT2D eigenvalue weighted by Crippen LogP contribution is 2.12. The van der Waals surface area contributed by atoms with E-state index >= 15 is 0 Å². The molecule has 3 aromatic rings. The molecule has 2 aromatic carbocycles. The lowest BCUT2D eigenvalue weighted by atomic mass is 10.2. The largest absolute Gasteiger partial charge is 0.459 e. The topological polar surface area (TPSA) is 112 Å². The van der Waals surface area contributed by atoms with Gasteiger partial charge in [0.1, 0.15) is 5.82 Å². The van der Waals surface area contributed by atoms with Crippen molar-refractivity contribution in [2.75, 3.05) is 18.4 Å². The van der Waals surface area contributed by atoms with Gasteiger partial charge >= 0.3 is 6.03 Å². The monoisotopic (exact) mass is 438 g/mol. The summed E-state index contributed by atoms with van der Waals surface area (Å²) in [5, 5.41) is 10.8. The summed E-state index contributed by atoms with van der Waals surface area (Å²) >= 11 is 0. The number of furan rings is 1. The Hall–Kier alpha value is -4.14. The van der Waals surface area contributed by atoms with E-state index in [9.17, 15) is 18.8 Å². The fraction of sp³-hybridized carbons (Fsp3) is 0.174. The van der Waals surface area contributed by atoms with Crippen LogP contribution in [-0.4, -0.2) is 30.9 Å². The molecule has 0 spiro atoms. The molecule has 0 aliphatic rings. The number of carbonyl (C=O) groups is 3. The average Bonchev–Trinajstić information content (AvgIpc) is 3.33. The molecule has 0 saturated heterocycles. The fourth-order valence-corrected chi connectivity index (χ4v) is 2.83. The summed E-state index contributed by atoms with van der Waals surface area (Å²) in [7, 11) is 0. The Morgan fingerprint density at radius 2 is 1.66 bits per heavy atom. The molecule has 3 rings (SSSR count). The predicted molar refractivity (Wildman–Crippen MR) is 117 cm³/mol. The van der Waals surface area contributed by atoms with E-state index in [1.165, 1.54) is 30.5 Å². The van der Waals surface area contributed by atoms with Gasteiger partial charge in [0, 0.05) is 30.9 Å². The van der Waals surface area contributed by atoms with E-state index < -0.39 is 5.82 Å². The van der Waals surface area contributed by atoms with E-state index in [2.05, 4.69) is 21.3 Å². The zero-order valence-corrected chi connectivity index (χ0v) is 17.2. The van der Waals surface area contributed by atoms with E-state index in [0.717, 1.165) is 5.56 Å². The molecular weight excluding hydrogens is 415 g/mol. The van der Waals surface area contributed by atoms with E-state index in [1.54, 1.807) is 30.3 Å². The average molecular weight is 438 g/mol. The molecule has 0 bridgehead atoms. The Morgan fingerprint density at radius 1 is 0.844 bits per heavy atom. The van der Waals surface area contributed by atoms with Crippen molar-refractivity contribution < 1.29 is 23.2 Å². The van der Waals surface area contributed by atoms with Crippen molar-refractivity contribution in [3.8, 4) is 0 Å². The molecule has 32 heavy (non-hydrogen) atoms. The van der Waals surface area contributed by atoms with Gasteiger partial charge in [-0.2, -0.15) is 0 Å². The molecule has 0 radical (unpaired) electrons. The van der Waals surface area contributed by atoms with Crippen LogP contribution in [0.2, 0.25) is 0 Å². The smallest absolute Gasteiger partial charge is 0.315 e. The van der Waals surface area contributed by atoms with Crippen LogP contribution < -0.4 is 21.3 Å². The van der Waals surface area contributed by atoms with Gasteiger partial charge < -0.3 is 25.7 Å². The third-order valence-electron chi connectivity index (χ3n) is 4.39. The van der Waals surface area contributed by atoms with Crippen LogP contribution in [0.5, 0.6) is 0 Å². The fourth-order valence-electron chi connectivity index (χ4n) is 2.83. The zero-order chi connectivity index (χ0) is 22.8. The molecule has 0 aliphatic carbocycles. The van der Waals surface area contributed by atoms with Gasteiger partial charge in [0.25, 0.3) is 11.8 Å². The Kier molecular flexibility index (Phi) is 7.96. The van der Waals surface area contributed by atoms with Gasteiger partial charge in [-0.25, -0.2) is 9.18 Å². The van der Waals surface area contributed by atoms with Gasteiger partial charge in [-0.1, -0.05) is 18.2 Å². The number of halogens is 1. The molecule has 0 saturated carbocycles. The number of urea groups is 1. The van der Waals surface area contributed by atoms with Crippen molar-refractivity contribution in [2.45, 2.75) is 13.0 Å². The van der Waals surface area contributed by atoms with Gasteiger partial charge in [0.15, 0.2) is 5.76 Å². The second-order valence-corrected chi connectivity index (χ2v) is 6.86. The van der Waals surface area contributed by atoms with Crippen LogP contribution in [0.3, 0.4) is 0 Å². The van der Waals surface area contributed by atoms with Crippen LogP contribution in [0.25, 0.3) is 0 Å². The Bertz CT molecular complexity index is 1070. The summed E-state index contributed by atoms with van der Waals surface area (Å²) in [6.45, 7) is 0.966. The molecule has 8 nitrogen and oxygen atoms in total. The summed E-state index contributed by atoms with van der Waals surface area (Å²) < 4.78 is 18.2. The van der Waals surface area contributed by atoms with E-state index in [1.807, 2.05) is 6.07 Å². The molecule has 1 aromatic heterocycles. The van der Waals surface area contributed by atoms with Crippen LogP contribution in [-0.2, 0) is 6.54 Å². The van der Waals surface area contributed by atoms with Gasteiger partial charge in [-0.05, 0) is 54.4 Å². The van der Waals surface area contributed by atoms with Gasteiger partial charge in [-0.15, -0.1) is 0 Å². The number of carbonyl (C=O) groups excluding carboxylic acids is 3. The normalized spacial score (nSPS) is 10.3. The quantitative estimate of drug-likeness (QED) is 0.384. The van der Waals surface area contributed by atoms with Crippen molar-refractivity contribution in [3.05, 3.63) is 89.6 Å². The minimum absolute atomic E-state index is 0.208. The first-order valence-corrected chi connectivity index (χ1v) is 10.0. The van der Waals surface area contributed by atoms with Crippen LogP contribution in [0.15, 0.2) is 71.3 Å². The maximum absolute atomic E-state index is 13.1. The number of hydrogen-bond donors (Lipinski definition) is 4. The first-order valence-electron chi connectivity index (χ1n) is 10.0. The molecule has 166 valence electrons. The molecule has 0 aliphatic heterocycles. The third-order valence-corrected chi connectivity index (χ3v) is 4.39. The van der Waals surface area contributed by atoms with Crippen LogP contribution >= 0.6 is 0 Å². The Morgan fingerprint density at radius 3 is 2.44 bits per heavy atom. The molecular formula is C23H23FN4O4. The lowest BCUT2D eigenvalue weighted by Crippen LogP contribution is -2.36. The number of anilines is 1. The number of hydrogen-bond acceptors (Lipinski definition) is 4. The summed E-state index contributed by atoms with van der Waals surface area (Å²) in [5.74, 6) is -0.989. The minimum Gasteiger partial charge on any atom is -0.459 e. The second-order valence-electron chi connectivity index (χ2n) is 6.86. The van der Waals surface area contributed by atoms with Gasteiger partial charge in [0.05, 0.1) is 6.26 Å². The molecule has 4 N–H and O–H groups in total. The highest BCUT2D eigenvalue weighted by atomic mass is 19.1. The summed E-state index contributed by atoms with van der Waals surface area (Å²) in [6, 6.07) is 15.4. The third kappa shape index (κ3) is 6.98. The van der Waals surface area contributed by atoms with Crippen LogP contribution in [0.4, 0.5) is 14.9 Å². The van der Waals surface area contributed by atoms with Crippen molar-refractivity contribution >= 4 is 23.5 Å². The summed E-state index contributed by atoms with van der Waals surface area (Å²) in [6.07, 6.45) is 1.94. The molecule has 0 unspecified atom stereocenters. The van der Waals surface area contributed by atoms with Crippen molar-refractivity contribution in [3.63, 3.8) is 0 Å². The summed E-state index contributed by atoms with van der Waals surface area (Å²) in [5.41, 5.74) is 1.64. The number of nitrogens with one attached hydrogen (secondary N) is 4. The highest BCUT2D eigenvalue weighted by Gasteiger charge is 2.09. The highest BCUT2D eigenvalue weighted by molar-refractivity contribution is 6.02. The molecule has 1 heterocycles. The molecule has 9 heteroatoms. The van der Waals surface area contributed by atoms with Crippen molar-refractivity contribution in [1.82, 2.24) is 16.0 Å². The van der Waals surface area contributed by atoms with E-state index in [-0.39, 0.29) is 35.7 Å².